The molecule has 0 saturated heterocycles. The van der Waals surface area contributed by atoms with Crippen LogP contribution in [0.4, 0.5) is 0 Å². The molecule has 3 aromatic rings. The summed E-state index contributed by atoms with van der Waals surface area (Å²) < 4.78 is 10.5. The van der Waals surface area contributed by atoms with Gasteiger partial charge in [-0.1, -0.05) is 12.1 Å². The largest absolute Gasteiger partial charge is 0.493 e. The molecule has 1 N–H and O–H groups in total. The lowest BCUT2D eigenvalue weighted by molar-refractivity contribution is 0.0697. The van der Waals surface area contributed by atoms with Crippen LogP contribution in [0.3, 0.4) is 0 Å². The summed E-state index contributed by atoms with van der Waals surface area (Å²) in [4.78, 5) is 12.4. The Kier molecular flexibility index (Phi) is 3.84. The van der Waals surface area contributed by atoms with Crippen molar-refractivity contribution in [3.8, 4) is 11.5 Å². The topological polar surface area (TPSA) is 86.5 Å². The third kappa shape index (κ3) is 2.94. The number of methoxy groups -OCH3 is 2. The Morgan fingerprint density at radius 1 is 1.04 bits per heavy atom. The second kappa shape index (κ2) is 5.96. The maximum atomic E-state index is 10.9. The van der Waals surface area contributed by atoms with E-state index in [0.29, 0.717) is 29.1 Å². The van der Waals surface area contributed by atoms with Gasteiger partial charge in [-0.15, -0.1) is 0 Å². The highest BCUT2D eigenvalue weighted by molar-refractivity contribution is 5.87. The molecule has 0 atom stereocenters. The van der Waals surface area contributed by atoms with Gasteiger partial charge in [0, 0.05) is 12.1 Å². The first-order chi connectivity index (χ1) is 11.1. The number of benzene rings is 2. The molecule has 0 bridgehead atoms. The summed E-state index contributed by atoms with van der Waals surface area (Å²) in [6, 6.07) is 10.2. The number of carboxylic acid groups (broad SMARTS) is 1. The first kappa shape index (κ1) is 14.8. The van der Waals surface area contributed by atoms with Crippen molar-refractivity contribution in [1.82, 2.24) is 15.0 Å². The van der Waals surface area contributed by atoms with E-state index in [1.54, 1.807) is 55.4 Å². The van der Waals surface area contributed by atoms with Crippen molar-refractivity contribution in [2.75, 3.05) is 14.2 Å². The van der Waals surface area contributed by atoms with E-state index in [4.69, 9.17) is 14.6 Å². The van der Waals surface area contributed by atoms with Gasteiger partial charge in [0.2, 0.25) is 0 Å². The number of hydrogen-bond donors (Lipinski definition) is 1. The smallest absolute Gasteiger partial charge is 0.335 e. The summed E-state index contributed by atoms with van der Waals surface area (Å²) in [6.45, 7) is 0.444. The van der Waals surface area contributed by atoms with Crippen LogP contribution in [0.1, 0.15) is 15.9 Å². The van der Waals surface area contributed by atoms with E-state index in [1.165, 1.54) is 0 Å². The first-order valence-corrected chi connectivity index (χ1v) is 6.90. The minimum atomic E-state index is -0.946. The first-order valence-electron chi connectivity index (χ1n) is 6.90. The van der Waals surface area contributed by atoms with E-state index in [-0.39, 0.29) is 5.56 Å². The molecule has 2 aromatic carbocycles. The second-order valence-corrected chi connectivity index (χ2v) is 4.93. The Morgan fingerprint density at radius 2 is 1.57 bits per heavy atom. The number of carbonyl (C=O) groups is 1. The molecule has 3 rings (SSSR count). The Morgan fingerprint density at radius 3 is 2.00 bits per heavy atom. The Labute approximate surface area is 132 Å². The summed E-state index contributed by atoms with van der Waals surface area (Å²) in [6.07, 6.45) is 0. The quantitative estimate of drug-likeness (QED) is 0.777. The van der Waals surface area contributed by atoms with Gasteiger partial charge in [0.05, 0.1) is 26.3 Å². The van der Waals surface area contributed by atoms with Gasteiger partial charge >= 0.3 is 5.97 Å². The molecule has 0 aliphatic rings. The summed E-state index contributed by atoms with van der Waals surface area (Å²) in [5, 5.41) is 17.7. The number of aromatic carboxylic acids is 1. The highest BCUT2D eigenvalue weighted by atomic mass is 16.5. The molecule has 7 nitrogen and oxygen atoms in total. The predicted octanol–water partition coefficient (Wildman–Crippen LogP) is 2.20. The zero-order valence-electron chi connectivity index (χ0n) is 12.7. The third-order valence-electron chi connectivity index (χ3n) is 3.45. The maximum Gasteiger partial charge on any atom is 0.335 e. The van der Waals surface area contributed by atoms with Gasteiger partial charge in [-0.2, -0.15) is 15.0 Å². The Balaban J connectivity index is 1.89. The average molecular weight is 313 g/mol. The fourth-order valence-electron chi connectivity index (χ4n) is 2.28. The summed E-state index contributed by atoms with van der Waals surface area (Å²) in [5.41, 5.74) is 2.56. The molecule has 0 saturated carbocycles. The van der Waals surface area contributed by atoms with Crippen molar-refractivity contribution in [1.29, 1.82) is 0 Å². The lowest BCUT2D eigenvalue weighted by Crippen LogP contribution is -2.04. The van der Waals surface area contributed by atoms with Crippen molar-refractivity contribution in [2.45, 2.75) is 6.54 Å². The van der Waals surface area contributed by atoms with Gasteiger partial charge in [-0.25, -0.2) is 4.79 Å². The minimum Gasteiger partial charge on any atom is -0.493 e. The van der Waals surface area contributed by atoms with Crippen LogP contribution in [-0.2, 0) is 6.54 Å². The molecule has 23 heavy (non-hydrogen) atoms. The van der Waals surface area contributed by atoms with Gasteiger partial charge < -0.3 is 14.6 Å². The number of rotatable bonds is 5. The highest BCUT2D eigenvalue weighted by Gasteiger charge is 2.11. The molecule has 0 spiro atoms. The van der Waals surface area contributed by atoms with E-state index >= 15 is 0 Å². The van der Waals surface area contributed by atoms with Gasteiger partial charge in [-0.05, 0) is 17.7 Å². The number of ether oxygens (including phenoxy) is 2. The molecule has 0 fully saturated rings. The molecule has 0 aliphatic carbocycles. The molecule has 0 radical (unpaired) electrons. The summed E-state index contributed by atoms with van der Waals surface area (Å²) in [5.74, 6) is 0.245. The number of fused-ring (bicyclic) bond motifs is 1. The average Bonchev–Trinajstić information content (AvgIpc) is 2.94. The van der Waals surface area contributed by atoms with Gasteiger partial charge in [-0.3, -0.25) is 0 Å². The zero-order valence-corrected chi connectivity index (χ0v) is 12.7. The highest BCUT2D eigenvalue weighted by Crippen LogP contribution is 2.30. The van der Waals surface area contributed by atoms with Crippen LogP contribution >= 0.6 is 0 Å². The SMILES string of the molecule is COc1cc2nn(Cc3ccc(C(=O)O)cc3)nc2cc1OC. The Bertz CT molecular complexity index is 815. The van der Waals surface area contributed by atoms with Crippen LogP contribution in [0.5, 0.6) is 11.5 Å². The number of nitrogens with zero attached hydrogens (tertiary/aromatic N) is 3. The number of aromatic nitrogens is 3. The predicted molar refractivity (Wildman–Crippen MR) is 83.1 cm³/mol. The Hall–Kier alpha value is -3.09. The van der Waals surface area contributed by atoms with Gasteiger partial charge in [0.15, 0.2) is 11.5 Å². The normalized spacial score (nSPS) is 10.7. The van der Waals surface area contributed by atoms with Crippen LogP contribution in [-0.4, -0.2) is 40.3 Å². The maximum absolute atomic E-state index is 10.9. The standard InChI is InChI=1S/C16H15N3O4/c1-22-14-7-12-13(8-15(14)23-2)18-19(17-12)9-10-3-5-11(6-4-10)16(20)21/h3-8H,9H2,1-2H3,(H,20,21). The van der Waals surface area contributed by atoms with E-state index in [2.05, 4.69) is 10.2 Å². The van der Waals surface area contributed by atoms with Crippen LogP contribution in [0.15, 0.2) is 36.4 Å². The van der Waals surface area contributed by atoms with E-state index in [0.717, 1.165) is 5.56 Å². The molecule has 7 heteroatoms. The van der Waals surface area contributed by atoms with Crippen molar-refractivity contribution < 1.29 is 19.4 Å². The van der Waals surface area contributed by atoms with Crippen molar-refractivity contribution in [2.24, 2.45) is 0 Å². The molecule has 1 heterocycles. The van der Waals surface area contributed by atoms with Crippen LogP contribution in [0.2, 0.25) is 0 Å². The number of carboxylic acids is 1. The molecule has 118 valence electrons. The molecular formula is C16H15N3O4. The third-order valence-corrected chi connectivity index (χ3v) is 3.45. The van der Waals surface area contributed by atoms with Gasteiger partial charge in [0.1, 0.15) is 11.0 Å². The monoisotopic (exact) mass is 313 g/mol. The van der Waals surface area contributed by atoms with Crippen LogP contribution < -0.4 is 9.47 Å². The zero-order chi connectivity index (χ0) is 16.4. The molecule has 0 aliphatic heterocycles. The van der Waals surface area contributed by atoms with Crippen molar-refractivity contribution in [3.63, 3.8) is 0 Å². The van der Waals surface area contributed by atoms with Crippen LogP contribution in [0.25, 0.3) is 11.0 Å². The van der Waals surface area contributed by atoms with E-state index < -0.39 is 5.97 Å². The summed E-state index contributed by atoms with van der Waals surface area (Å²) >= 11 is 0. The lowest BCUT2D eigenvalue weighted by atomic mass is 10.1. The summed E-state index contributed by atoms with van der Waals surface area (Å²) in [7, 11) is 3.14. The van der Waals surface area contributed by atoms with E-state index in [9.17, 15) is 4.79 Å². The van der Waals surface area contributed by atoms with Crippen LogP contribution in [0, 0.1) is 0 Å². The fraction of sp³-hybridized carbons (Fsp3) is 0.188. The minimum absolute atomic E-state index is 0.252. The second-order valence-electron chi connectivity index (χ2n) is 4.93. The number of hydrogen-bond acceptors (Lipinski definition) is 5. The molecule has 0 unspecified atom stereocenters. The molecular weight excluding hydrogens is 298 g/mol. The lowest BCUT2D eigenvalue weighted by Gasteiger charge is -2.05. The van der Waals surface area contributed by atoms with Gasteiger partial charge in [0.25, 0.3) is 0 Å². The molecule has 1 aromatic heterocycles. The molecule has 0 amide bonds. The van der Waals surface area contributed by atoms with Crippen molar-refractivity contribution in [3.05, 3.63) is 47.5 Å². The van der Waals surface area contributed by atoms with Crippen molar-refractivity contribution >= 4 is 17.0 Å². The fourth-order valence-corrected chi connectivity index (χ4v) is 2.28. The van der Waals surface area contributed by atoms with E-state index in [1.807, 2.05) is 0 Å².